The van der Waals surface area contributed by atoms with Gasteiger partial charge in [0.25, 0.3) is 0 Å². The molecule has 0 aromatic heterocycles. The number of anilines is 1. The molecular weight excluding hydrogens is 418 g/mol. The molecule has 0 radical (unpaired) electrons. The molecule has 29 heavy (non-hydrogen) atoms. The summed E-state index contributed by atoms with van der Waals surface area (Å²) in [5.74, 6) is -2.90. The highest BCUT2D eigenvalue weighted by atomic mass is 35.5. The quantitative estimate of drug-likeness (QED) is 0.386. The van der Waals surface area contributed by atoms with Crippen molar-refractivity contribution in [2.75, 3.05) is 11.9 Å². The molecule has 152 valence electrons. The fourth-order valence-electron chi connectivity index (χ4n) is 4.85. The highest BCUT2D eigenvalue weighted by molar-refractivity contribution is 6.31. The lowest BCUT2D eigenvalue weighted by molar-refractivity contribution is -0.128. The fraction of sp³-hybridized carbons (Fsp3) is 0.350. The molecule has 3 aliphatic heterocycles. The van der Waals surface area contributed by atoms with E-state index in [0.717, 1.165) is 0 Å². The number of piperidine rings is 1. The van der Waals surface area contributed by atoms with Crippen molar-refractivity contribution in [3.8, 4) is 0 Å². The molecule has 6 nitrogen and oxygen atoms in total. The Morgan fingerprint density at radius 3 is 2.86 bits per heavy atom. The van der Waals surface area contributed by atoms with Crippen molar-refractivity contribution in [3.05, 3.63) is 51.4 Å². The van der Waals surface area contributed by atoms with Crippen LogP contribution in [0.5, 0.6) is 0 Å². The lowest BCUT2D eigenvalue weighted by Gasteiger charge is -2.33. The first-order chi connectivity index (χ1) is 13.8. The molecule has 0 saturated carbocycles. The van der Waals surface area contributed by atoms with Gasteiger partial charge in [0.05, 0.1) is 5.92 Å². The second-order valence-electron chi connectivity index (χ2n) is 7.29. The molecule has 4 atom stereocenters. The van der Waals surface area contributed by atoms with E-state index in [-0.39, 0.29) is 23.4 Å². The summed E-state index contributed by atoms with van der Waals surface area (Å²) in [5, 5.41) is 9.08. The Hall–Kier alpha value is -2.22. The van der Waals surface area contributed by atoms with E-state index >= 15 is 4.39 Å². The van der Waals surface area contributed by atoms with Gasteiger partial charge in [0, 0.05) is 34.8 Å². The van der Waals surface area contributed by atoms with E-state index in [0.29, 0.717) is 29.2 Å². The highest BCUT2D eigenvalue weighted by Crippen LogP contribution is 2.55. The lowest BCUT2D eigenvalue weighted by Crippen LogP contribution is -2.50. The van der Waals surface area contributed by atoms with Gasteiger partial charge in [0.1, 0.15) is 5.54 Å². The van der Waals surface area contributed by atoms with Gasteiger partial charge in [0.15, 0.2) is 11.0 Å². The largest absolute Gasteiger partial charge is 0.356 e. The second-order valence-corrected chi connectivity index (χ2v) is 8.09. The van der Waals surface area contributed by atoms with Crippen LogP contribution in [0.3, 0.4) is 0 Å². The van der Waals surface area contributed by atoms with Gasteiger partial charge < -0.3 is 10.6 Å². The molecule has 4 rings (SSSR count). The van der Waals surface area contributed by atoms with Crippen molar-refractivity contribution in [2.45, 2.75) is 24.9 Å². The van der Waals surface area contributed by atoms with Crippen LogP contribution in [0, 0.1) is 11.8 Å². The predicted molar refractivity (Wildman–Crippen MR) is 111 cm³/mol. The average molecular weight is 437 g/mol. The van der Waals surface area contributed by atoms with Gasteiger partial charge in [0.2, 0.25) is 11.8 Å². The Kier molecular flexibility index (Phi) is 5.01. The van der Waals surface area contributed by atoms with Crippen LogP contribution in [0.25, 0.3) is 0 Å². The first-order valence-corrected chi connectivity index (χ1v) is 9.96. The van der Waals surface area contributed by atoms with Crippen LogP contribution in [0.1, 0.15) is 18.9 Å². The Balaban J connectivity index is 1.97. The topological polar surface area (TPSA) is 82.6 Å². The average Bonchev–Trinajstić information content (AvgIpc) is 3.18. The number of hydrogen-bond donors (Lipinski definition) is 3. The number of allylic oxidation sites excluding steroid dienone is 2. The zero-order valence-corrected chi connectivity index (χ0v) is 17.1. The molecule has 0 aliphatic carbocycles. The van der Waals surface area contributed by atoms with Crippen molar-refractivity contribution in [3.63, 3.8) is 0 Å². The standard InChI is InChI=1S/C20H19Cl2FN4O2/c1-3-10(16(23)17(22)24-2)15-14-12(6-7-25-18(14)28)27-20(15)11-5-4-9(21)8-13(11)26-19(20)29/h3-5,8,12,14-15,27H,2,6-7H2,1H3,(H,25,28)(H,26,29)/b10-3-,17-16+/t12-,14+,15-,20+/m0/s1. The van der Waals surface area contributed by atoms with E-state index in [4.69, 9.17) is 23.2 Å². The van der Waals surface area contributed by atoms with Gasteiger partial charge in [-0.25, -0.2) is 9.38 Å². The van der Waals surface area contributed by atoms with Crippen LogP contribution in [-0.2, 0) is 15.1 Å². The minimum Gasteiger partial charge on any atom is -0.356 e. The molecule has 0 unspecified atom stereocenters. The van der Waals surface area contributed by atoms with E-state index in [2.05, 4.69) is 27.7 Å². The Labute approximate surface area is 177 Å². The minimum absolute atomic E-state index is 0.136. The van der Waals surface area contributed by atoms with Crippen molar-refractivity contribution < 1.29 is 14.0 Å². The summed E-state index contributed by atoms with van der Waals surface area (Å²) >= 11 is 12.0. The smallest absolute Gasteiger partial charge is 0.250 e. The number of nitrogens with zero attached hydrogens (tertiary/aromatic N) is 1. The van der Waals surface area contributed by atoms with Crippen LogP contribution >= 0.6 is 23.2 Å². The maximum atomic E-state index is 15.2. The number of hydrogen-bond acceptors (Lipinski definition) is 4. The molecule has 1 spiro atoms. The molecule has 1 aromatic rings. The van der Waals surface area contributed by atoms with Crippen LogP contribution in [0.15, 0.2) is 45.8 Å². The minimum atomic E-state index is -1.34. The molecule has 9 heteroatoms. The molecule has 1 aromatic carbocycles. The Morgan fingerprint density at radius 2 is 2.17 bits per heavy atom. The molecule has 2 fully saturated rings. The van der Waals surface area contributed by atoms with Crippen LogP contribution in [0.2, 0.25) is 5.02 Å². The summed E-state index contributed by atoms with van der Waals surface area (Å²) in [5.41, 5.74) is -0.0489. The monoisotopic (exact) mass is 436 g/mol. The highest BCUT2D eigenvalue weighted by Gasteiger charge is 2.65. The molecular formula is C20H19Cl2FN4O2. The van der Waals surface area contributed by atoms with E-state index in [9.17, 15) is 9.59 Å². The summed E-state index contributed by atoms with van der Waals surface area (Å²) < 4.78 is 15.2. The zero-order valence-electron chi connectivity index (χ0n) is 15.6. The van der Waals surface area contributed by atoms with E-state index in [1.807, 2.05) is 0 Å². The number of rotatable bonds is 3. The normalized spacial score (nSPS) is 31.7. The summed E-state index contributed by atoms with van der Waals surface area (Å²) in [6, 6.07) is 4.74. The van der Waals surface area contributed by atoms with Gasteiger partial charge in [-0.3, -0.25) is 14.9 Å². The fourth-order valence-corrected chi connectivity index (χ4v) is 5.13. The van der Waals surface area contributed by atoms with E-state index in [1.54, 1.807) is 25.1 Å². The van der Waals surface area contributed by atoms with Crippen molar-refractivity contribution in [1.82, 2.24) is 10.6 Å². The Bertz CT molecular complexity index is 993. The first kappa shape index (κ1) is 20.1. The van der Waals surface area contributed by atoms with Gasteiger partial charge >= 0.3 is 0 Å². The number of amides is 2. The zero-order chi connectivity index (χ0) is 20.9. The predicted octanol–water partition coefficient (Wildman–Crippen LogP) is 3.24. The van der Waals surface area contributed by atoms with Gasteiger partial charge in [-0.15, -0.1) is 0 Å². The SMILES string of the molecule is C=N/C(Cl)=C(F)\C(=C/C)[C@H]1[C@@H]2C(=O)NCC[C@@H]2N[C@@]12C(=O)Nc1cc(Cl)ccc12. The summed E-state index contributed by atoms with van der Waals surface area (Å²) in [4.78, 5) is 29.7. The van der Waals surface area contributed by atoms with Gasteiger partial charge in [-0.2, -0.15) is 0 Å². The first-order valence-electron chi connectivity index (χ1n) is 9.20. The number of benzene rings is 1. The van der Waals surface area contributed by atoms with Crippen molar-refractivity contribution in [1.29, 1.82) is 0 Å². The second kappa shape index (κ2) is 7.23. The van der Waals surface area contributed by atoms with E-state index < -0.39 is 28.4 Å². The number of halogens is 3. The summed E-state index contributed by atoms with van der Waals surface area (Å²) in [6.07, 6.45) is 2.14. The van der Waals surface area contributed by atoms with Crippen LogP contribution in [0.4, 0.5) is 10.1 Å². The van der Waals surface area contributed by atoms with Crippen molar-refractivity contribution in [2.24, 2.45) is 16.8 Å². The number of nitrogens with one attached hydrogen (secondary N) is 3. The molecule has 3 heterocycles. The van der Waals surface area contributed by atoms with Crippen LogP contribution in [-0.4, -0.2) is 31.1 Å². The maximum absolute atomic E-state index is 15.2. The summed E-state index contributed by atoms with van der Waals surface area (Å²) in [6.45, 7) is 5.39. The molecule has 0 bridgehead atoms. The third kappa shape index (κ3) is 2.83. The van der Waals surface area contributed by atoms with E-state index in [1.165, 1.54) is 6.08 Å². The van der Waals surface area contributed by atoms with Crippen LogP contribution < -0.4 is 16.0 Å². The van der Waals surface area contributed by atoms with Gasteiger partial charge in [-0.05, 0) is 37.8 Å². The number of fused-ring (bicyclic) bond motifs is 3. The number of aliphatic imine (C=N–C) groups is 1. The van der Waals surface area contributed by atoms with Crippen molar-refractivity contribution >= 4 is 47.4 Å². The Morgan fingerprint density at radius 1 is 1.41 bits per heavy atom. The molecule has 3 N–H and O–H groups in total. The molecule has 3 aliphatic rings. The molecule has 2 amide bonds. The molecule has 2 saturated heterocycles. The number of carbonyl (C=O) groups is 2. The summed E-state index contributed by atoms with van der Waals surface area (Å²) in [7, 11) is 0. The lowest BCUT2D eigenvalue weighted by atomic mass is 9.70. The maximum Gasteiger partial charge on any atom is 0.250 e. The number of carbonyl (C=O) groups excluding carboxylic acids is 2. The van der Waals surface area contributed by atoms with Gasteiger partial charge in [-0.1, -0.05) is 35.3 Å². The third-order valence-corrected chi connectivity index (χ3v) is 6.48. The third-order valence-electron chi connectivity index (χ3n) is 5.96.